The van der Waals surface area contributed by atoms with E-state index in [9.17, 15) is 18.5 Å². The summed E-state index contributed by atoms with van der Waals surface area (Å²) in [4.78, 5) is 10.1. The Bertz CT molecular complexity index is 649. The zero-order chi connectivity index (χ0) is 15.3. The molecule has 0 radical (unpaired) electrons. The third-order valence-corrected chi connectivity index (χ3v) is 3.63. The number of anilines is 1. The minimum absolute atomic E-state index is 0.0321. The predicted octanol–water partition coefficient (Wildman–Crippen LogP) is 1.70. The van der Waals surface area contributed by atoms with Crippen LogP contribution in [0.25, 0.3) is 0 Å². The molecule has 1 N–H and O–H groups in total. The minimum Gasteiger partial charge on any atom is -0.383 e. The lowest BCUT2D eigenvalue weighted by Crippen LogP contribution is -2.19. The lowest BCUT2D eigenvalue weighted by atomic mass is 10.1. The molecule has 8 heteroatoms. The van der Waals surface area contributed by atoms with Crippen LogP contribution >= 0.6 is 0 Å². The van der Waals surface area contributed by atoms with Gasteiger partial charge in [-0.15, -0.1) is 0 Å². The van der Waals surface area contributed by atoms with Gasteiger partial charge in [-0.3, -0.25) is 10.1 Å². The van der Waals surface area contributed by atoms with Crippen molar-refractivity contribution in [1.29, 1.82) is 5.26 Å². The molecule has 0 saturated heterocycles. The highest BCUT2D eigenvalue weighted by atomic mass is 32.2. The molecule has 0 aliphatic carbocycles. The Balaban J connectivity index is 2.79. The summed E-state index contributed by atoms with van der Waals surface area (Å²) in [5.74, 6) is 0.0548. The number of nitrogens with one attached hydrogen (secondary N) is 1. The van der Waals surface area contributed by atoms with E-state index in [0.29, 0.717) is 12.1 Å². The van der Waals surface area contributed by atoms with Crippen LogP contribution in [0.3, 0.4) is 0 Å². The highest BCUT2D eigenvalue weighted by Gasteiger charge is 2.14. The lowest BCUT2D eigenvalue weighted by molar-refractivity contribution is -0.385. The molecular formula is C12H15N3O4S. The summed E-state index contributed by atoms with van der Waals surface area (Å²) < 4.78 is 22.1. The quantitative estimate of drug-likeness (QED) is 0.631. The van der Waals surface area contributed by atoms with Crippen molar-refractivity contribution < 1.29 is 13.3 Å². The molecule has 0 saturated carbocycles. The van der Waals surface area contributed by atoms with E-state index in [1.54, 1.807) is 13.0 Å². The van der Waals surface area contributed by atoms with E-state index in [4.69, 9.17) is 5.26 Å². The number of benzene rings is 1. The van der Waals surface area contributed by atoms with Gasteiger partial charge in [0.2, 0.25) is 0 Å². The van der Waals surface area contributed by atoms with Gasteiger partial charge in [0.1, 0.15) is 21.5 Å². The molecule has 20 heavy (non-hydrogen) atoms. The first-order valence-electron chi connectivity index (χ1n) is 5.85. The monoisotopic (exact) mass is 297 g/mol. The summed E-state index contributed by atoms with van der Waals surface area (Å²) in [5.41, 5.74) is 0.269. The van der Waals surface area contributed by atoms with Crippen molar-refractivity contribution in [2.45, 2.75) is 19.4 Å². The number of nitriles is 1. The van der Waals surface area contributed by atoms with Crippen LogP contribution in [0.1, 0.15) is 18.9 Å². The van der Waals surface area contributed by atoms with Crippen LogP contribution in [0.15, 0.2) is 18.2 Å². The molecule has 0 heterocycles. The molecule has 0 aliphatic rings. The van der Waals surface area contributed by atoms with Gasteiger partial charge in [0.05, 0.1) is 10.7 Å². The summed E-state index contributed by atoms with van der Waals surface area (Å²) >= 11 is 0. The predicted molar refractivity (Wildman–Crippen MR) is 75.2 cm³/mol. The van der Waals surface area contributed by atoms with Crippen LogP contribution in [0.4, 0.5) is 11.4 Å². The van der Waals surface area contributed by atoms with Crippen LogP contribution in [0, 0.1) is 21.4 Å². The first-order valence-corrected chi connectivity index (χ1v) is 7.92. The van der Waals surface area contributed by atoms with E-state index >= 15 is 0 Å². The van der Waals surface area contributed by atoms with Gasteiger partial charge in [-0.05, 0) is 25.5 Å². The number of nitro benzene ring substituents is 1. The van der Waals surface area contributed by atoms with Crippen molar-refractivity contribution in [3.63, 3.8) is 0 Å². The Morgan fingerprint density at radius 1 is 1.50 bits per heavy atom. The van der Waals surface area contributed by atoms with E-state index in [1.807, 2.05) is 0 Å². The highest BCUT2D eigenvalue weighted by molar-refractivity contribution is 7.90. The van der Waals surface area contributed by atoms with E-state index in [2.05, 4.69) is 5.32 Å². The molecule has 0 bridgehead atoms. The SMILES string of the molecule is C[C@@H](CCS(C)(=O)=O)Nc1ccc([N+](=O)[O-])c(C#N)c1. The van der Waals surface area contributed by atoms with Crippen LogP contribution < -0.4 is 5.32 Å². The largest absolute Gasteiger partial charge is 0.383 e. The van der Waals surface area contributed by atoms with Gasteiger partial charge in [0.25, 0.3) is 5.69 Å². The van der Waals surface area contributed by atoms with E-state index < -0.39 is 14.8 Å². The van der Waals surface area contributed by atoms with Crippen molar-refractivity contribution in [2.75, 3.05) is 17.3 Å². The van der Waals surface area contributed by atoms with Crippen molar-refractivity contribution in [3.8, 4) is 6.07 Å². The summed E-state index contributed by atoms with van der Waals surface area (Å²) in [6.07, 6.45) is 1.58. The minimum atomic E-state index is -3.02. The zero-order valence-electron chi connectivity index (χ0n) is 11.2. The average molecular weight is 297 g/mol. The maximum Gasteiger partial charge on any atom is 0.287 e. The molecule has 1 aromatic rings. The van der Waals surface area contributed by atoms with E-state index in [0.717, 1.165) is 0 Å². The maximum atomic E-state index is 11.1. The standard InChI is InChI=1S/C12H15N3O4S/c1-9(5-6-20(2,18)19)14-11-3-4-12(15(16)17)10(7-11)8-13/h3-4,7,9,14H,5-6H2,1-2H3/t9-/m0/s1. The molecule has 0 aliphatic heterocycles. The molecule has 108 valence electrons. The summed E-state index contributed by atoms with van der Waals surface area (Å²) in [6, 6.07) is 5.78. The van der Waals surface area contributed by atoms with Crippen molar-refractivity contribution in [3.05, 3.63) is 33.9 Å². The third kappa shape index (κ3) is 4.85. The van der Waals surface area contributed by atoms with E-state index in [1.165, 1.54) is 24.5 Å². The summed E-state index contributed by atoms with van der Waals surface area (Å²) in [6.45, 7) is 1.80. The molecule has 0 aromatic heterocycles. The molecule has 0 unspecified atom stereocenters. The first kappa shape index (κ1) is 15.9. The normalized spacial score (nSPS) is 12.4. The van der Waals surface area contributed by atoms with E-state index in [-0.39, 0.29) is 23.0 Å². The molecule has 0 spiro atoms. The van der Waals surface area contributed by atoms with Crippen molar-refractivity contribution in [2.24, 2.45) is 0 Å². The number of hydrogen-bond donors (Lipinski definition) is 1. The lowest BCUT2D eigenvalue weighted by Gasteiger charge is -2.14. The smallest absolute Gasteiger partial charge is 0.287 e. The van der Waals surface area contributed by atoms with Gasteiger partial charge < -0.3 is 5.32 Å². The maximum absolute atomic E-state index is 11.1. The number of hydrogen-bond acceptors (Lipinski definition) is 6. The summed E-state index contributed by atoms with van der Waals surface area (Å²) in [7, 11) is -3.02. The van der Waals surface area contributed by atoms with Crippen molar-refractivity contribution in [1.82, 2.24) is 0 Å². The summed E-state index contributed by atoms with van der Waals surface area (Å²) in [5, 5.41) is 22.6. The number of rotatable bonds is 6. The molecule has 1 aromatic carbocycles. The molecule has 0 fully saturated rings. The van der Waals surface area contributed by atoms with Crippen LogP contribution in [0.5, 0.6) is 0 Å². The average Bonchev–Trinajstić information content (AvgIpc) is 2.35. The number of sulfone groups is 1. The fourth-order valence-corrected chi connectivity index (χ4v) is 2.40. The molecule has 7 nitrogen and oxygen atoms in total. The Morgan fingerprint density at radius 3 is 2.65 bits per heavy atom. The van der Waals surface area contributed by atoms with Gasteiger partial charge in [0, 0.05) is 24.1 Å². The number of nitro groups is 1. The fraction of sp³-hybridized carbons (Fsp3) is 0.417. The van der Waals surface area contributed by atoms with Gasteiger partial charge in [0.15, 0.2) is 0 Å². The number of nitrogens with zero attached hydrogens (tertiary/aromatic N) is 2. The Morgan fingerprint density at radius 2 is 2.15 bits per heavy atom. The van der Waals surface area contributed by atoms with Gasteiger partial charge in [-0.25, -0.2) is 8.42 Å². The second-order valence-corrected chi connectivity index (χ2v) is 6.82. The second-order valence-electron chi connectivity index (χ2n) is 4.56. The van der Waals surface area contributed by atoms with Gasteiger partial charge >= 0.3 is 0 Å². The molecule has 0 amide bonds. The zero-order valence-corrected chi connectivity index (χ0v) is 12.0. The third-order valence-electron chi connectivity index (χ3n) is 2.65. The van der Waals surface area contributed by atoms with Crippen LogP contribution in [0.2, 0.25) is 0 Å². The molecule has 1 atom stereocenters. The first-order chi connectivity index (χ1) is 9.23. The van der Waals surface area contributed by atoms with Gasteiger partial charge in [-0.1, -0.05) is 0 Å². The van der Waals surface area contributed by atoms with Crippen LogP contribution in [-0.2, 0) is 9.84 Å². The van der Waals surface area contributed by atoms with Crippen LogP contribution in [-0.4, -0.2) is 31.4 Å². The van der Waals surface area contributed by atoms with Gasteiger partial charge in [-0.2, -0.15) is 5.26 Å². The van der Waals surface area contributed by atoms with Crippen molar-refractivity contribution >= 4 is 21.2 Å². The Labute approximate surface area is 117 Å². The highest BCUT2D eigenvalue weighted by Crippen LogP contribution is 2.22. The topological polar surface area (TPSA) is 113 Å². The fourth-order valence-electron chi connectivity index (χ4n) is 1.62. The molecular weight excluding hydrogens is 282 g/mol. The molecule has 1 rings (SSSR count). The Kier molecular flexibility index (Phi) is 5.05. The Hall–Kier alpha value is -2.14. The second kappa shape index (κ2) is 6.34.